The molecule has 1 saturated heterocycles. The van der Waals surface area contributed by atoms with E-state index in [1.807, 2.05) is 11.0 Å². The summed E-state index contributed by atoms with van der Waals surface area (Å²) in [6, 6.07) is 3.04. The van der Waals surface area contributed by atoms with Crippen molar-refractivity contribution < 1.29 is 18.7 Å². The van der Waals surface area contributed by atoms with E-state index in [9.17, 15) is 14.0 Å². The molecule has 1 aliphatic heterocycles. The number of hydrogen-bond acceptors (Lipinski definition) is 7. The molecule has 1 fully saturated rings. The normalized spacial score (nSPS) is 15.8. The average Bonchev–Trinajstić information content (AvgIpc) is 3.46. The molecule has 3 aromatic heterocycles. The highest BCUT2D eigenvalue weighted by Gasteiger charge is 2.30. The van der Waals surface area contributed by atoms with Crippen LogP contribution in [-0.2, 0) is 4.74 Å². The summed E-state index contributed by atoms with van der Waals surface area (Å²) in [5.41, 5.74) is 0.787. The van der Waals surface area contributed by atoms with Crippen molar-refractivity contribution in [3.63, 3.8) is 0 Å². The summed E-state index contributed by atoms with van der Waals surface area (Å²) in [4.78, 5) is 35.2. The highest BCUT2D eigenvalue weighted by atomic mass is 35.5. The van der Waals surface area contributed by atoms with Crippen molar-refractivity contribution in [3.05, 3.63) is 52.8 Å². The highest BCUT2D eigenvalue weighted by Crippen LogP contribution is 2.38. The van der Waals surface area contributed by atoms with Gasteiger partial charge in [-0.3, -0.25) is 4.79 Å². The second-order valence-corrected chi connectivity index (χ2v) is 9.89. The number of aromatic nitrogens is 4. The first-order chi connectivity index (χ1) is 17.1. The zero-order chi connectivity index (χ0) is 25.9. The minimum absolute atomic E-state index is 0.173. The Morgan fingerprint density at radius 3 is 2.81 bits per heavy atom. The molecule has 0 aromatic carbocycles. The summed E-state index contributed by atoms with van der Waals surface area (Å²) < 4.78 is 20.6. The lowest BCUT2D eigenvalue weighted by Gasteiger charge is -2.26. The number of carbonyl (C=O) groups excluding carboxylic acids is 2. The number of fused-ring (bicyclic) bond motifs is 1. The Kier molecular flexibility index (Phi) is 7.58. The van der Waals surface area contributed by atoms with E-state index in [-0.39, 0.29) is 17.1 Å². The average molecular weight is 518 g/mol. The van der Waals surface area contributed by atoms with Gasteiger partial charge in [0.2, 0.25) is 0 Å². The third-order valence-corrected chi connectivity index (χ3v) is 5.96. The molecule has 0 bridgehead atoms. The number of nitrogens with one attached hydrogen (secondary N) is 2. The van der Waals surface area contributed by atoms with E-state index >= 15 is 0 Å². The number of pyridine rings is 1. The molecule has 2 amide bonds. The monoisotopic (exact) mass is 517 g/mol. The summed E-state index contributed by atoms with van der Waals surface area (Å²) in [5.74, 6) is -0.121. The Labute approximate surface area is 213 Å². The van der Waals surface area contributed by atoms with E-state index in [2.05, 4.69) is 20.7 Å². The standard InChI is InChI=1S/C24H29ClFN7O3/c1-24(2,3)36-23(35)28-9-5-8-27-22(34)17-14-30-33-11-7-19(31-21(17)33)32-10-4-6-18(32)16-12-15(26)13-29-20(16)25/h7,11-14,18H,4-6,8-10H2,1-3H3,(H,27,34)(H,28,35). The van der Waals surface area contributed by atoms with Crippen LogP contribution in [0.5, 0.6) is 0 Å². The molecule has 1 unspecified atom stereocenters. The Balaban J connectivity index is 1.41. The maximum absolute atomic E-state index is 13.9. The maximum Gasteiger partial charge on any atom is 0.407 e. The first-order valence-corrected chi connectivity index (χ1v) is 12.2. The molecular weight excluding hydrogens is 489 g/mol. The van der Waals surface area contributed by atoms with Gasteiger partial charge in [0, 0.05) is 31.4 Å². The number of halogens is 2. The van der Waals surface area contributed by atoms with Crippen molar-refractivity contribution in [2.45, 2.75) is 51.7 Å². The fourth-order valence-electron chi connectivity index (χ4n) is 4.11. The van der Waals surface area contributed by atoms with Gasteiger partial charge in [0.15, 0.2) is 5.65 Å². The molecule has 2 N–H and O–H groups in total. The maximum atomic E-state index is 13.9. The quantitative estimate of drug-likeness (QED) is 0.361. The van der Waals surface area contributed by atoms with Crippen LogP contribution in [0, 0.1) is 5.82 Å². The lowest BCUT2D eigenvalue weighted by atomic mass is 10.1. The molecule has 4 rings (SSSR count). The molecule has 0 spiro atoms. The smallest absolute Gasteiger partial charge is 0.407 e. The molecule has 1 aliphatic rings. The van der Waals surface area contributed by atoms with Gasteiger partial charge < -0.3 is 20.3 Å². The number of rotatable bonds is 7. The second-order valence-electron chi connectivity index (χ2n) is 9.54. The van der Waals surface area contributed by atoms with E-state index in [0.29, 0.717) is 48.6 Å². The number of carbonyl (C=O) groups is 2. The number of nitrogens with zero attached hydrogens (tertiary/aromatic N) is 5. The van der Waals surface area contributed by atoms with Gasteiger partial charge in [0.25, 0.3) is 5.91 Å². The third kappa shape index (κ3) is 6.01. The molecule has 1 atom stereocenters. The van der Waals surface area contributed by atoms with Gasteiger partial charge in [0.05, 0.1) is 18.4 Å². The SMILES string of the molecule is CC(C)(C)OC(=O)NCCCNC(=O)c1cnn2ccc(N3CCCC3c3cc(F)cnc3Cl)nc12. The molecule has 192 valence electrons. The lowest BCUT2D eigenvalue weighted by molar-refractivity contribution is 0.0527. The zero-order valence-corrected chi connectivity index (χ0v) is 21.2. The first kappa shape index (κ1) is 25.6. The van der Waals surface area contributed by atoms with Crippen LogP contribution in [0.15, 0.2) is 30.7 Å². The summed E-state index contributed by atoms with van der Waals surface area (Å²) >= 11 is 6.27. The van der Waals surface area contributed by atoms with Gasteiger partial charge in [-0.25, -0.2) is 23.7 Å². The Morgan fingerprint density at radius 2 is 2.03 bits per heavy atom. The van der Waals surface area contributed by atoms with Crippen molar-refractivity contribution in [1.29, 1.82) is 0 Å². The molecule has 3 aromatic rings. The summed E-state index contributed by atoms with van der Waals surface area (Å²) in [7, 11) is 0. The number of hydrogen-bond donors (Lipinski definition) is 2. The predicted octanol–water partition coefficient (Wildman–Crippen LogP) is 3.90. The van der Waals surface area contributed by atoms with Gasteiger partial charge in [0.1, 0.15) is 28.0 Å². The summed E-state index contributed by atoms with van der Waals surface area (Å²) in [6.07, 6.45) is 6.00. The van der Waals surface area contributed by atoms with Gasteiger partial charge in [-0.15, -0.1) is 0 Å². The fourth-order valence-corrected chi connectivity index (χ4v) is 4.34. The first-order valence-electron chi connectivity index (χ1n) is 11.8. The zero-order valence-electron chi connectivity index (χ0n) is 20.4. The second kappa shape index (κ2) is 10.7. The molecule has 10 nitrogen and oxygen atoms in total. The van der Waals surface area contributed by atoms with E-state index in [1.54, 1.807) is 27.0 Å². The highest BCUT2D eigenvalue weighted by molar-refractivity contribution is 6.30. The molecule has 0 saturated carbocycles. The largest absolute Gasteiger partial charge is 0.444 e. The van der Waals surface area contributed by atoms with Gasteiger partial charge >= 0.3 is 6.09 Å². The third-order valence-electron chi connectivity index (χ3n) is 5.65. The van der Waals surface area contributed by atoms with Crippen LogP contribution in [0.1, 0.15) is 62.0 Å². The molecule has 4 heterocycles. The minimum atomic E-state index is -0.566. The summed E-state index contributed by atoms with van der Waals surface area (Å²) in [6.45, 7) is 6.80. The Bertz CT molecular complexity index is 1260. The fraction of sp³-hybridized carbons (Fsp3) is 0.458. The van der Waals surface area contributed by atoms with Crippen LogP contribution >= 0.6 is 11.6 Å². The lowest BCUT2D eigenvalue weighted by Crippen LogP contribution is -2.34. The van der Waals surface area contributed by atoms with Crippen LogP contribution < -0.4 is 15.5 Å². The number of ether oxygens (including phenoxy) is 1. The Hall–Kier alpha value is -3.47. The van der Waals surface area contributed by atoms with E-state index < -0.39 is 17.5 Å². The number of alkyl carbamates (subject to hydrolysis) is 1. The van der Waals surface area contributed by atoms with Gasteiger partial charge in [-0.2, -0.15) is 5.10 Å². The van der Waals surface area contributed by atoms with Crippen LogP contribution in [0.25, 0.3) is 5.65 Å². The molecule has 12 heteroatoms. The van der Waals surface area contributed by atoms with Crippen LogP contribution in [0.3, 0.4) is 0 Å². The van der Waals surface area contributed by atoms with Crippen LogP contribution in [0.4, 0.5) is 15.0 Å². The van der Waals surface area contributed by atoms with E-state index in [4.69, 9.17) is 21.3 Å². The molecule has 36 heavy (non-hydrogen) atoms. The van der Waals surface area contributed by atoms with Gasteiger partial charge in [-0.05, 0) is 52.2 Å². The van der Waals surface area contributed by atoms with Crippen molar-refractivity contribution in [2.75, 3.05) is 24.5 Å². The van der Waals surface area contributed by atoms with Crippen molar-refractivity contribution in [3.8, 4) is 0 Å². The van der Waals surface area contributed by atoms with Crippen molar-refractivity contribution in [1.82, 2.24) is 30.2 Å². The molecular formula is C24H29ClFN7O3. The molecule has 0 aliphatic carbocycles. The predicted molar refractivity (Wildman–Crippen MR) is 133 cm³/mol. The van der Waals surface area contributed by atoms with Crippen LogP contribution in [-0.4, -0.2) is 56.8 Å². The van der Waals surface area contributed by atoms with Crippen LogP contribution in [0.2, 0.25) is 5.15 Å². The molecule has 0 radical (unpaired) electrons. The Morgan fingerprint density at radius 1 is 1.25 bits per heavy atom. The topological polar surface area (TPSA) is 114 Å². The number of anilines is 1. The summed E-state index contributed by atoms with van der Waals surface area (Å²) in [5, 5.41) is 9.98. The van der Waals surface area contributed by atoms with Crippen molar-refractivity contribution >= 4 is 35.1 Å². The van der Waals surface area contributed by atoms with E-state index in [1.165, 1.54) is 16.8 Å². The number of amides is 2. The van der Waals surface area contributed by atoms with E-state index in [0.717, 1.165) is 19.0 Å². The van der Waals surface area contributed by atoms with Gasteiger partial charge in [-0.1, -0.05) is 11.6 Å². The minimum Gasteiger partial charge on any atom is -0.444 e. The van der Waals surface area contributed by atoms with Crippen molar-refractivity contribution in [2.24, 2.45) is 0 Å².